The lowest BCUT2D eigenvalue weighted by Gasteiger charge is -2.31. The van der Waals surface area contributed by atoms with Gasteiger partial charge in [-0.25, -0.2) is 0 Å². The number of aromatic nitrogens is 2. The van der Waals surface area contributed by atoms with Crippen molar-refractivity contribution in [3.8, 4) is 0 Å². The molecular formula is C11H20ClN5O3. The SMILES string of the molecule is CCC(CC)(CN)NC(=O)Cn1cc([N+](=O)[O-])cn1.Cl. The van der Waals surface area contributed by atoms with Crippen LogP contribution in [0.25, 0.3) is 0 Å². The molecule has 1 heterocycles. The Morgan fingerprint density at radius 1 is 1.55 bits per heavy atom. The minimum atomic E-state index is -0.552. The molecule has 0 saturated carbocycles. The maximum atomic E-state index is 11.9. The molecule has 1 aromatic rings. The molecule has 0 aliphatic carbocycles. The average molecular weight is 306 g/mol. The number of halogens is 1. The van der Waals surface area contributed by atoms with Crippen LogP contribution in [0.15, 0.2) is 12.4 Å². The van der Waals surface area contributed by atoms with Crippen molar-refractivity contribution in [3.63, 3.8) is 0 Å². The molecule has 9 heteroatoms. The van der Waals surface area contributed by atoms with Gasteiger partial charge in [0.1, 0.15) is 18.9 Å². The van der Waals surface area contributed by atoms with Gasteiger partial charge in [-0.2, -0.15) is 5.10 Å². The number of carbonyl (C=O) groups is 1. The van der Waals surface area contributed by atoms with E-state index in [9.17, 15) is 14.9 Å². The lowest BCUT2D eigenvalue weighted by molar-refractivity contribution is -0.385. The molecule has 1 rings (SSSR count). The third-order valence-corrected chi connectivity index (χ3v) is 3.28. The highest BCUT2D eigenvalue weighted by Crippen LogP contribution is 2.13. The van der Waals surface area contributed by atoms with Crippen LogP contribution in [0.1, 0.15) is 26.7 Å². The van der Waals surface area contributed by atoms with Crippen molar-refractivity contribution < 1.29 is 9.72 Å². The predicted molar refractivity (Wildman–Crippen MR) is 76.6 cm³/mol. The third-order valence-electron chi connectivity index (χ3n) is 3.28. The van der Waals surface area contributed by atoms with Gasteiger partial charge in [-0.05, 0) is 12.8 Å². The Morgan fingerprint density at radius 2 is 2.15 bits per heavy atom. The Hall–Kier alpha value is -1.67. The van der Waals surface area contributed by atoms with Gasteiger partial charge in [0.05, 0.1) is 10.5 Å². The van der Waals surface area contributed by atoms with Crippen LogP contribution in [0, 0.1) is 10.1 Å². The first-order chi connectivity index (χ1) is 8.96. The van der Waals surface area contributed by atoms with Crippen molar-refractivity contribution in [2.75, 3.05) is 6.54 Å². The van der Waals surface area contributed by atoms with E-state index in [4.69, 9.17) is 5.73 Å². The Morgan fingerprint density at radius 3 is 2.55 bits per heavy atom. The molecule has 0 saturated heterocycles. The van der Waals surface area contributed by atoms with Crippen LogP contribution in [-0.4, -0.2) is 32.7 Å². The average Bonchev–Trinajstić information content (AvgIpc) is 2.84. The summed E-state index contributed by atoms with van der Waals surface area (Å²) in [5.74, 6) is -0.257. The predicted octanol–water partition coefficient (Wildman–Crippen LogP) is 0.847. The summed E-state index contributed by atoms with van der Waals surface area (Å²) in [4.78, 5) is 21.8. The van der Waals surface area contributed by atoms with Gasteiger partial charge in [0.15, 0.2) is 0 Å². The number of nitrogens with two attached hydrogens (primary N) is 1. The van der Waals surface area contributed by atoms with Gasteiger partial charge in [0, 0.05) is 6.54 Å². The van der Waals surface area contributed by atoms with Gasteiger partial charge in [-0.3, -0.25) is 19.6 Å². The molecule has 0 aliphatic rings. The molecule has 8 nitrogen and oxygen atoms in total. The van der Waals surface area contributed by atoms with Gasteiger partial charge >= 0.3 is 5.69 Å². The largest absolute Gasteiger partial charge is 0.348 e. The summed E-state index contributed by atoms with van der Waals surface area (Å²) in [6.07, 6.45) is 3.79. The fourth-order valence-corrected chi connectivity index (χ4v) is 1.78. The number of hydrogen-bond donors (Lipinski definition) is 2. The fraction of sp³-hybridized carbons (Fsp3) is 0.636. The van der Waals surface area contributed by atoms with E-state index in [2.05, 4.69) is 10.4 Å². The Labute approximate surface area is 123 Å². The zero-order valence-corrected chi connectivity index (χ0v) is 12.4. The number of carbonyl (C=O) groups excluding carboxylic acids is 1. The summed E-state index contributed by atoms with van der Waals surface area (Å²) in [5, 5.41) is 17.1. The number of nitrogens with one attached hydrogen (secondary N) is 1. The normalized spacial score (nSPS) is 10.8. The monoisotopic (exact) mass is 305 g/mol. The highest BCUT2D eigenvalue weighted by molar-refractivity contribution is 5.85. The van der Waals surface area contributed by atoms with E-state index in [1.165, 1.54) is 10.9 Å². The van der Waals surface area contributed by atoms with Crippen LogP contribution in [-0.2, 0) is 11.3 Å². The molecule has 0 radical (unpaired) electrons. The van der Waals surface area contributed by atoms with Crippen LogP contribution in [0.2, 0.25) is 0 Å². The molecule has 0 unspecified atom stereocenters. The molecule has 3 N–H and O–H groups in total. The second-order valence-corrected chi connectivity index (χ2v) is 4.39. The van der Waals surface area contributed by atoms with Gasteiger partial charge in [0.2, 0.25) is 5.91 Å². The van der Waals surface area contributed by atoms with E-state index >= 15 is 0 Å². The van der Waals surface area contributed by atoms with E-state index in [1.807, 2.05) is 13.8 Å². The fourth-order valence-electron chi connectivity index (χ4n) is 1.78. The van der Waals surface area contributed by atoms with Crippen LogP contribution in [0.4, 0.5) is 5.69 Å². The molecule has 0 atom stereocenters. The standard InChI is InChI=1S/C11H19N5O3.ClH/c1-3-11(4-2,8-12)14-10(17)7-15-6-9(5-13-15)16(18)19;/h5-6H,3-4,7-8,12H2,1-2H3,(H,14,17);1H. The van der Waals surface area contributed by atoms with E-state index in [1.54, 1.807) is 0 Å². The lowest BCUT2D eigenvalue weighted by Crippen LogP contribution is -2.53. The van der Waals surface area contributed by atoms with Crippen LogP contribution in [0.5, 0.6) is 0 Å². The van der Waals surface area contributed by atoms with E-state index < -0.39 is 10.5 Å². The van der Waals surface area contributed by atoms with Crippen molar-refractivity contribution in [3.05, 3.63) is 22.5 Å². The number of hydrogen-bond acceptors (Lipinski definition) is 5. The first kappa shape index (κ1) is 18.3. The van der Waals surface area contributed by atoms with E-state index in [0.717, 1.165) is 19.0 Å². The highest BCUT2D eigenvalue weighted by atomic mass is 35.5. The van der Waals surface area contributed by atoms with Gasteiger partial charge in [-0.1, -0.05) is 13.8 Å². The Balaban J connectivity index is 0.00000361. The third kappa shape index (κ3) is 4.46. The molecule has 20 heavy (non-hydrogen) atoms. The summed E-state index contributed by atoms with van der Waals surface area (Å²) >= 11 is 0. The summed E-state index contributed by atoms with van der Waals surface area (Å²) < 4.78 is 1.24. The van der Waals surface area contributed by atoms with Crippen LogP contribution < -0.4 is 11.1 Å². The molecule has 0 spiro atoms. The van der Waals surface area contributed by atoms with E-state index in [-0.39, 0.29) is 30.5 Å². The molecule has 0 aliphatic heterocycles. The first-order valence-electron chi connectivity index (χ1n) is 6.14. The van der Waals surface area contributed by atoms with Crippen molar-refractivity contribution in [1.29, 1.82) is 0 Å². The second-order valence-electron chi connectivity index (χ2n) is 4.39. The quantitative estimate of drug-likeness (QED) is 0.572. The maximum Gasteiger partial charge on any atom is 0.307 e. The minimum Gasteiger partial charge on any atom is -0.348 e. The molecular weight excluding hydrogens is 286 g/mol. The van der Waals surface area contributed by atoms with Crippen LogP contribution >= 0.6 is 12.4 Å². The molecule has 0 fully saturated rings. The zero-order valence-electron chi connectivity index (χ0n) is 11.5. The first-order valence-corrected chi connectivity index (χ1v) is 6.14. The van der Waals surface area contributed by atoms with Crippen molar-refractivity contribution >= 4 is 24.0 Å². The second kappa shape index (κ2) is 7.81. The molecule has 0 aromatic carbocycles. The zero-order chi connectivity index (χ0) is 14.5. The van der Waals surface area contributed by atoms with Crippen LogP contribution in [0.3, 0.4) is 0 Å². The van der Waals surface area contributed by atoms with Gasteiger partial charge in [-0.15, -0.1) is 12.4 Å². The molecule has 1 amide bonds. The summed E-state index contributed by atoms with van der Waals surface area (Å²) in [5.41, 5.74) is 5.13. The number of nitro groups is 1. The smallest absolute Gasteiger partial charge is 0.307 e. The van der Waals surface area contributed by atoms with Gasteiger partial charge in [0.25, 0.3) is 0 Å². The molecule has 0 bridgehead atoms. The molecule has 1 aromatic heterocycles. The summed E-state index contributed by atoms with van der Waals surface area (Å²) in [6.45, 7) is 4.20. The van der Waals surface area contributed by atoms with Crippen molar-refractivity contribution in [1.82, 2.24) is 15.1 Å². The summed E-state index contributed by atoms with van der Waals surface area (Å²) in [6, 6.07) is 0. The van der Waals surface area contributed by atoms with Crippen molar-refractivity contribution in [2.45, 2.75) is 38.8 Å². The number of amides is 1. The minimum absolute atomic E-state index is 0. The number of rotatable bonds is 7. The highest BCUT2D eigenvalue weighted by Gasteiger charge is 2.26. The van der Waals surface area contributed by atoms with Crippen molar-refractivity contribution in [2.24, 2.45) is 5.73 Å². The number of nitrogens with zero attached hydrogens (tertiary/aromatic N) is 3. The lowest BCUT2D eigenvalue weighted by atomic mass is 9.93. The molecule has 114 valence electrons. The summed E-state index contributed by atoms with van der Waals surface area (Å²) in [7, 11) is 0. The topological polar surface area (TPSA) is 116 Å². The Bertz CT molecular complexity index is 450. The Kier molecular flexibility index (Phi) is 7.16. The maximum absolute atomic E-state index is 11.9. The van der Waals surface area contributed by atoms with Gasteiger partial charge < -0.3 is 11.1 Å². The van der Waals surface area contributed by atoms with E-state index in [0.29, 0.717) is 6.54 Å².